The van der Waals surface area contributed by atoms with E-state index in [4.69, 9.17) is 0 Å². The summed E-state index contributed by atoms with van der Waals surface area (Å²) in [7, 11) is 0. The summed E-state index contributed by atoms with van der Waals surface area (Å²) in [5.74, 6) is -3.33. The van der Waals surface area contributed by atoms with Crippen molar-refractivity contribution in [2.45, 2.75) is 32.6 Å². The maximum atomic E-state index is 14.2. The molecule has 1 atom stereocenters. The number of halogens is 2. The quantitative estimate of drug-likeness (QED) is 0.894. The van der Waals surface area contributed by atoms with Crippen molar-refractivity contribution in [1.82, 2.24) is 19.8 Å². The number of likely N-dealkylation sites (tertiary alicyclic amines) is 2. The summed E-state index contributed by atoms with van der Waals surface area (Å²) in [6.45, 7) is 3.85. The van der Waals surface area contributed by atoms with Crippen molar-refractivity contribution in [3.8, 4) is 0 Å². The Labute approximate surface area is 132 Å². The van der Waals surface area contributed by atoms with Gasteiger partial charge in [-0.1, -0.05) is 0 Å². The van der Waals surface area contributed by atoms with E-state index in [1.807, 2.05) is 6.92 Å². The molecule has 0 bridgehead atoms. The third-order valence-corrected chi connectivity index (χ3v) is 4.72. The number of alkyl halides is 2. The highest BCUT2D eigenvalue weighted by Gasteiger charge is 2.57. The highest BCUT2D eigenvalue weighted by Crippen LogP contribution is 2.45. The van der Waals surface area contributed by atoms with E-state index in [0.717, 1.165) is 4.90 Å². The van der Waals surface area contributed by atoms with E-state index in [1.54, 1.807) is 11.8 Å². The van der Waals surface area contributed by atoms with E-state index >= 15 is 0 Å². The van der Waals surface area contributed by atoms with Crippen LogP contribution in [0.15, 0.2) is 6.20 Å². The second-order valence-corrected chi connectivity index (χ2v) is 6.49. The van der Waals surface area contributed by atoms with Crippen molar-refractivity contribution in [3.05, 3.63) is 17.7 Å². The molecule has 6 nitrogen and oxygen atoms in total. The number of imidazole rings is 1. The molecule has 1 N–H and O–H groups in total. The second kappa shape index (κ2) is 5.28. The van der Waals surface area contributed by atoms with Crippen molar-refractivity contribution in [2.75, 3.05) is 26.2 Å². The van der Waals surface area contributed by atoms with E-state index in [2.05, 4.69) is 9.97 Å². The molecule has 0 radical (unpaired) electrons. The van der Waals surface area contributed by atoms with Gasteiger partial charge in [0.25, 0.3) is 11.8 Å². The molecule has 1 aromatic heterocycles. The molecule has 126 valence electrons. The topological polar surface area (TPSA) is 69.3 Å². The fraction of sp³-hybridized carbons (Fsp3) is 0.667. The summed E-state index contributed by atoms with van der Waals surface area (Å²) < 4.78 is 28.5. The summed E-state index contributed by atoms with van der Waals surface area (Å²) in [4.78, 5) is 34.4. The van der Waals surface area contributed by atoms with Gasteiger partial charge < -0.3 is 14.8 Å². The predicted octanol–water partition coefficient (Wildman–Crippen LogP) is 1.44. The highest BCUT2D eigenvalue weighted by molar-refractivity contribution is 5.93. The monoisotopic (exact) mass is 326 g/mol. The third kappa shape index (κ3) is 2.70. The first kappa shape index (κ1) is 15.9. The molecule has 1 spiro atoms. The number of H-pyrrole nitrogens is 1. The predicted molar refractivity (Wildman–Crippen MR) is 78.1 cm³/mol. The number of aromatic amines is 1. The lowest BCUT2D eigenvalue weighted by Gasteiger charge is -2.42. The van der Waals surface area contributed by atoms with Crippen LogP contribution in [-0.2, 0) is 4.79 Å². The number of aryl methyl sites for hydroxylation is 1. The van der Waals surface area contributed by atoms with Crippen molar-refractivity contribution >= 4 is 11.8 Å². The molecular formula is C15H20F2N4O2. The Hall–Kier alpha value is -1.99. The highest BCUT2D eigenvalue weighted by atomic mass is 19.3. The number of rotatable bonds is 2. The number of hydrogen-bond acceptors (Lipinski definition) is 3. The SMILES string of the molecule is CCN1CCC2(CN(C(=O)c3cnc(C)[nH]3)CC(F)(F)C2)C1=O. The molecule has 8 heteroatoms. The number of hydrogen-bond donors (Lipinski definition) is 1. The number of nitrogens with one attached hydrogen (secondary N) is 1. The van der Waals surface area contributed by atoms with Gasteiger partial charge in [0.15, 0.2) is 0 Å². The minimum Gasteiger partial charge on any atom is -0.342 e. The first-order valence-corrected chi connectivity index (χ1v) is 7.74. The molecule has 0 saturated carbocycles. The van der Waals surface area contributed by atoms with Crippen LogP contribution in [0.5, 0.6) is 0 Å². The molecule has 2 saturated heterocycles. The smallest absolute Gasteiger partial charge is 0.272 e. The zero-order chi connectivity index (χ0) is 16.8. The first-order chi connectivity index (χ1) is 10.8. The van der Waals surface area contributed by atoms with Gasteiger partial charge in [-0.05, 0) is 20.3 Å². The van der Waals surface area contributed by atoms with Crippen LogP contribution in [0.1, 0.15) is 36.1 Å². The van der Waals surface area contributed by atoms with Gasteiger partial charge in [0.05, 0.1) is 18.2 Å². The summed E-state index contributed by atoms with van der Waals surface area (Å²) in [6, 6.07) is 0. The van der Waals surface area contributed by atoms with Gasteiger partial charge in [-0.3, -0.25) is 9.59 Å². The molecule has 23 heavy (non-hydrogen) atoms. The Morgan fingerprint density at radius 1 is 1.43 bits per heavy atom. The van der Waals surface area contributed by atoms with Gasteiger partial charge in [0, 0.05) is 26.1 Å². The summed E-state index contributed by atoms with van der Waals surface area (Å²) >= 11 is 0. The van der Waals surface area contributed by atoms with Gasteiger partial charge in [-0.25, -0.2) is 13.8 Å². The molecule has 1 aromatic rings. The molecule has 3 heterocycles. The zero-order valence-electron chi connectivity index (χ0n) is 13.2. The fourth-order valence-corrected chi connectivity index (χ4v) is 3.66. The maximum Gasteiger partial charge on any atom is 0.272 e. The Balaban J connectivity index is 1.88. The van der Waals surface area contributed by atoms with Crippen LogP contribution in [0, 0.1) is 12.3 Å². The fourth-order valence-electron chi connectivity index (χ4n) is 3.66. The summed E-state index contributed by atoms with van der Waals surface area (Å²) in [5.41, 5.74) is -0.990. The van der Waals surface area contributed by atoms with E-state index < -0.39 is 30.2 Å². The van der Waals surface area contributed by atoms with Crippen LogP contribution in [0.3, 0.4) is 0 Å². The third-order valence-electron chi connectivity index (χ3n) is 4.72. The molecule has 2 aliphatic heterocycles. The normalized spacial score (nSPS) is 27.0. The number of aromatic nitrogens is 2. The first-order valence-electron chi connectivity index (χ1n) is 7.74. The lowest BCUT2D eigenvalue weighted by Crippen LogP contribution is -2.57. The Bertz CT molecular complexity index is 645. The Morgan fingerprint density at radius 2 is 2.17 bits per heavy atom. The maximum absolute atomic E-state index is 14.2. The average molecular weight is 326 g/mol. The molecule has 2 aliphatic rings. The standard InChI is InChI=1S/C15H20F2N4O2/c1-3-20-5-4-14(13(20)23)7-15(16,17)9-21(8-14)12(22)11-6-18-10(2)19-11/h6H,3-5,7-9H2,1-2H3,(H,18,19). The molecular weight excluding hydrogens is 306 g/mol. The Morgan fingerprint density at radius 3 is 2.74 bits per heavy atom. The second-order valence-electron chi connectivity index (χ2n) is 6.49. The van der Waals surface area contributed by atoms with Gasteiger partial charge in [-0.2, -0.15) is 0 Å². The van der Waals surface area contributed by atoms with Gasteiger partial charge in [-0.15, -0.1) is 0 Å². The molecule has 0 aliphatic carbocycles. The van der Waals surface area contributed by atoms with Gasteiger partial charge in [0.1, 0.15) is 11.5 Å². The largest absolute Gasteiger partial charge is 0.342 e. The number of piperidine rings is 1. The molecule has 1 unspecified atom stereocenters. The Kier molecular flexibility index (Phi) is 3.65. The zero-order valence-corrected chi connectivity index (χ0v) is 13.2. The minimum atomic E-state index is -3.07. The van der Waals surface area contributed by atoms with E-state index in [0.29, 0.717) is 25.3 Å². The van der Waals surface area contributed by atoms with Crippen LogP contribution < -0.4 is 0 Å². The van der Waals surface area contributed by atoms with Crippen LogP contribution in [-0.4, -0.2) is 63.7 Å². The van der Waals surface area contributed by atoms with Crippen molar-refractivity contribution in [3.63, 3.8) is 0 Å². The van der Waals surface area contributed by atoms with Crippen LogP contribution in [0.2, 0.25) is 0 Å². The van der Waals surface area contributed by atoms with E-state index in [-0.39, 0.29) is 18.1 Å². The van der Waals surface area contributed by atoms with Crippen LogP contribution in [0.25, 0.3) is 0 Å². The van der Waals surface area contributed by atoms with Gasteiger partial charge >= 0.3 is 0 Å². The van der Waals surface area contributed by atoms with Gasteiger partial charge in [0.2, 0.25) is 5.91 Å². The molecule has 2 fully saturated rings. The summed E-state index contributed by atoms with van der Waals surface area (Å²) in [5, 5.41) is 0. The number of amides is 2. The lowest BCUT2D eigenvalue weighted by atomic mass is 9.77. The van der Waals surface area contributed by atoms with Crippen LogP contribution >= 0.6 is 0 Å². The van der Waals surface area contributed by atoms with Crippen molar-refractivity contribution in [1.29, 1.82) is 0 Å². The number of carbonyl (C=O) groups excluding carboxylic acids is 2. The average Bonchev–Trinajstić information content (AvgIpc) is 3.02. The van der Waals surface area contributed by atoms with Crippen molar-refractivity contribution < 1.29 is 18.4 Å². The van der Waals surface area contributed by atoms with E-state index in [1.165, 1.54) is 6.20 Å². The number of carbonyl (C=O) groups is 2. The molecule has 0 aromatic carbocycles. The number of nitrogens with zero attached hydrogens (tertiary/aromatic N) is 3. The summed E-state index contributed by atoms with van der Waals surface area (Å²) in [6.07, 6.45) is 1.22. The molecule has 2 amide bonds. The minimum absolute atomic E-state index is 0.0365. The molecule has 3 rings (SSSR count). The lowest BCUT2D eigenvalue weighted by molar-refractivity contribution is -0.151. The van der Waals surface area contributed by atoms with E-state index in [9.17, 15) is 18.4 Å². The van der Waals surface area contributed by atoms with Crippen LogP contribution in [0.4, 0.5) is 8.78 Å². The van der Waals surface area contributed by atoms with Crippen molar-refractivity contribution in [2.24, 2.45) is 5.41 Å².